The lowest BCUT2D eigenvalue weighted by Crippen LogP contribution is -2.31. The molecule has 0 saturated heterocycles. The van der Waals surface area contributed by atoms with Crippen molar-refractivity contribution in [1.82, 2.24) is 4.90 Å². The molecule has 2 heterocycles. The fourth-order valence-electron chi connectivity index (χ4n) is 3.63. The minimum absolute atomic E-state index is 0.0401. The Labute approximate surface area is 181 Å². The van der Waals surface area contributed by atoms with E-state index in [1.807, 2.05) is 0 Å². The fourth-order valence-corrected chi connectivity index (χ4v) is 4.11. The van der Waals surface area contributed by atoms with Gasteiger partial charge in [0.15, 0.2) is 5.43 Å². The van der Waals surface area contributed by atoms with Gasteiger partial charge in [-0.15, -0.1) is 0 Å². The highest BCUT2D eigenvalue weighted by Gasteiger charge is 2.42. The number of nitrogens with zero attached hydrogens (tertiary/aromatic N) is 1. The lowest BCUT2D eigenvalue weighted by atomic mass is 9.98. The average molecular weight is 453 g/mol. The summed E-state index contributed by atoms with van der Waals surface area (Å²) in [5.41, 5.74) is 0.985. The molecule has 1 unspecified atom stereocenters. The maximum atomic E-state index is 13.3. The smallest absolute Gasteiger partial charge is 0.290 e. The number of hydrogen-bond donors (Lipinski definition) is 0. The number of rotatable bonds is 5. The van der Waals surface area contributed by atoms with Crippen LogP contribution in [0.4, 0.5) is 0 Å². The molecule has 0 spiro atoms. The van der Waals surface area contributed by atoms with Gasteiger partial charge >= 0.3 is 0 Å². The van der Waals surface area contributed by atoms with E-state index < -0.39 is 6.04 Å². The molecule has 1 amide bonds. The standard InChI is InChI=1S/C21H16Cl3NO4/c1-28-8-2-7-25-18(11-3-5-14(23)15(24)9-11)17-19(26)13-10-12(22)4-6-16(13)29-20(17)21(25)27/h3-6,9-10,18H,2,7-8H2,1H3. The van der Waals surface area contributed by atoms with Crippen LogP contribution in [0.15, 0.2) is 45.6 Å². The maximum absolute atomic E-state index is 13.3. The summed E-state index contributed by atoms with van der Waals surface area (Å²) in [5.74, 6) is -0.306. The van der Waals surface area contributed by atoms with Crippen molar-refractivity contribution in [2.75, 3.05) is 20.3 Å². The van der Waals surface area contributed by atoms with Gasteiger partial charge in [0.2, 0.25) is 5.76 Å². The number of benzene rings is 2. The quantitative estimate of drug-likeness (QED) is 0.491. The van der Waals surface area contributed by atoms with Gasteiger partial charge in [-0.05, 0) is 42.3 Å². The van der Waals surface area contributed by atoms with Crippen molar-refractivity contribution < 1.29 is 13.9 Å². The second kappa shape index (κ2) is 8.00. The fraction of sp³-hybridized carbons (Fsp3) is 0.238. The van der Waals surface area contributed by atoms with Crippen molar-refractivity contribution in [3.8, 4) is 0 Å². The van der Waals surface area contributed by atoms with E-state index in [1.54, 1.807) is 48.4 Å². The Bertz CT molecular complexity index is 1170. The Morgan fingerprint density at radius 2 is 1.86 bits per heavy atom. The largest absolute Gasteiger partial charge is 0.450 e. The van der Waals surface area contributed by atoms with Gasteiger partial charge in [-0.3, -0.25) is 9.59 Å². The molecule has 3 aromatic rings. The van der Waals surface area contributed by atoms with Crippen LogP contribution in [-0.4, -0.2) is 31.1 Å². The molecule has 2 aromatic carbocycles. The van der Waals surface area contributed by atoms with Gasteiger partial charge < -0.3 is 14.1 Å². The molecule has 0 radical (unpaired) electrons. The number of hydrogen-bond acceptors (Lipinski definition) is 4. The van der Waals surface area contributed by atoms with E-state index >= 15 is 0 Å². The van der Waals surface area contributed by atoms with E-state index in [0.717, 1.165) is 0 Å². The van der Waals surface area contributed by atoms with E-state index in [2.05, 4.69) is 0 Å². The summed E-state index contributed by atoms with van der Waals surface area (Å²) < 4.78 is 11.0. The van der Waals surface area contributed by atoms with Crippen LogP contribution >= 0.6 is 34.8 Å². The normalized spacial score (nSPS) is 15.9. The SMILES string of the molecule is COCCCN1C(=O)c2oc3ccc(Cl)cc3c(=O)c2C1c1ccc(Cl)c(Cl)c1. The molecule has 0 saturated carbocycles. The average Bonchev–Trinajstić information content (AvgIpc) is 2.97. The molecule has 5 nitrogen and oxygen atoms in total. The van der Waals surface area contributed by atoms with Crippen LogP contribution in [0.25, 0.3) is 11.0 Å². The summed E-state index contributed by atoms with van der Waals surface area (Å²) in [6.45, 7) is 0.867. The van der Waals surface area contributed by atoms with Crippen LogP contribution in [0, 0.1) is 0 Å². The summed E-state index contributed by atoms with van der Waals surface area (Å²) >= 11 is 18.3. The number of methoxy groups -OCH3 is 1. The first-order valence-electron chi connectivity index (χ1n) is 8.93. The third-order valence-electron chi connectivity index (χ3n) is 4.93. The van der Waals surface area contributed by atoms with Crippen LogP contribution in [-0.2, 0) is 4.74 Å². The molecule has 0 N–H and O–H groups in total. The number of ether oxygens (including phenoxy) is 1. The number of carbonyl (C=O) groups is 1. The monoisotopic (exact) mass is 451 g/mol. The highest BCUT2D eigenvalue weighted by molar-refractivity contribution is 6.42. The van der Waals surface area contributed by atoms with Gasteiger partial charge in [-0.25, -0.2) is 0 Å². The Balaban J connectivity index is 1.93. The maximum Gasteiger partial charge on any atom is 0.290 e. The molecule has 29 heavy (non-hydrogen) atoms. The summed E-state index contributed by atoms with van der Waals surface area (Å²) in [5, 5.41) is 1.48. The molecule has 4 rings (SSSR count). The van der Waals surface area contributed by atoms with Crippen LogP contribution in [0.1, 0.15) is 34.1 Å². The van der Waals surface area contributed by atoms with Crippen molar-refractivity contribution in [2.24, 2.45) is 0 Å². The first-order chi connectivity index (χ1) is 13.9. The van der Waals surface area contributed by atoms with Crippen LogP contribution in [0.2, 0.25) is 15.1 Å². The topological polar surface area (TPSA) is 59.8 Å². The zero-order valence-corrected chi connectivity index (χ0v) is 17.6. The first-order valence-corrected chi connectivity index (χ1v) is 10.1. The van der Waals surface area contributed by atoms with Crippen molar-refractivity contribution in [2.45, 2.75) is 12.5 Å². The van der Waals surface area contributed by atoms with Gasteiger partial charge in [-0.2, -0.15) is 0 Å². The van der Waals surface area contributed by atoms with Crippen LogP contribution in [0.5, 0.6) is 0 Å². The van der Waals surface area contributed by atoms with E-state index in [9.17, 15) is 9.59 Å². The van der Waals surface area contributed by atoms with Gasteiger partial charge in [0.25, 0.3) is 5.91 Å². The van der Waals surface area contributed by atoms with Crippen molar-refractivity contribution >= 4 is 51.7 Å². The molecule has 1 atom stereocenters. The Kier molecular flexibility index (Phi) is 5.58. The van der Waals surface area contributed by atoms with E-state index in [-0.39, 0.29) is 22.7 Å². The molecule has 1 aromatic heterocycles. The van der Waals surface area contributed by atoms with Gasteiger partial charge in [0.05, 0.1) is 27.0 Å². The highest BCUT2D eigenvalue weighted by Crippen LogP contribution is 2.40. The lowest BCUT2D eigenvalue weighted by Gasteiger charge is -2.25. The predicted octanol–water partition coefficient (Wildman–Crippen LogP) is 5.33. The summed E-state index contributed by atoms with van der Waals surface area (Å²) in [6.07, 6.45) is 0.605. The predicted molar refractivity (Wildman–Crippen MR) is 113 cm³/mol. The Morgan fingerprint density at radius 3 is 2.59 bits per heavy atom. The number of amides is 1. The minimum atomic E-state index is -0.635. The zero-order valence-electron chi connectivity index (χ0n) is 15.4. The number of carbonyl (C=O) groups excluding carboxylic acids is 1. The van der Waals surface area contributed by atoms with Crippen molar-refractivity contribution in [3.63, 3.8) is 0 Å². The second-order valence-corrected chi connectivity index (χ2v) is 7.99. The summed E-state index contributed by atoms with van der Waals surface area (Å²) in [6, 6.07) is 9.19. The zero-order chi connectivity index (χ0) is 20.7. The molecule has 150 valence electrons. The highest BCUT2D eigenvalue weighted by atomic mass is 35.5. The Morgan fingerprint density at radius 1 is 1.07 bits per heavy atom. The summed E-state index contributed by atoms with van der Waals surface area (Å²) in [4.78, 5) is 28.1. The third-order valence-corrected chi connectivity index (χ3v) is 5.91. The molecule has 0 fully saturated rings. The molecule has 1 aliphatic heterocycles. The number of halogens is 3. The molecule has 0 aliphatic carbocycles. The number of fused-ring (bicyclic) bond motifs is 2. The first kappa shape index (κ1) is 20.2. The van der Waals surface area contributed by atoms with Gasteiger partial charge in [0, 0.05) is 25.3 Å². The van der Waals surface area contributed by atoms with E-state index in [0.29, 0.717) is 51.2 Å². The molecular formula is C21H16Cl3NO4. The van der Waals surface area contributed by atoms with Crippen LogP contribution < -0.4 is 5.43 Å². The van der Waals surface area contributed by atoms with Gasteiger partial charge in [0.1, 0.15) is 5.58 Å². The molecule has 0 bridgehead atoms. The van der Waals surface area contributed by atoms with Crippen molar-refractivity contribution in [1.29, 1.82) is 0 Å². The molecule has 1 aliphatic rings. The van der Waals surface area contributed by atoms with Crippen LogP contribution in [0.3, 0.4) is 0 Å². The van der Waals surface area contributed by atoms with Crippen molar-refractivity contribution in [3.05, 3.63) is 78.6 Å². The third kappa shape index (κ3) is 3.53. The molecular weight excluding hydrogens is 437 g/mol. The second-order valence-electron chi connectivity index (χ2n) is 6.74. The van der Waals surface area contributed by atoms with Gasteiger partial charge in [-0.1, -0.05) is 40.9 Å². The minimum Gasteiger partial charge on any atom is -0.450 e. The lowest BCUT2D eigenvalue weighted by molar-refractivity contribution is 0.0708. The summed E-state index contributed by atoms with van der Waals surface area (Å²) in [7, 11) is 1.60. The molecule has 8 heteroatoms. The Hall–Kier alpha value is -2.05. The van der Waals surface area contributed by atoms with E-state index in [1.165, 1.54) is 0 Å². The van der Waals surface area contributed by atoms with E-state index in [4.69, 9.17) is 44.0 Å².